The highest BCUT2D eigenvalue weighted by atomic mass is 16.2. The van der Waals surface area contributed by atoms with Gasteiger partial charge >= 0.3 is 0 Å². The molecule has 1 unspecified atom stereocenters. The monoisotopic (exact) mass is 210 g/mol. The summed E-state index contributed by atoms with van der Waals surface area (Å²) in [5.41, 5.74) is 0. The Morgan fingerprint density at radius 1 is 1.27 bits per heavy atom. The Bertz CT molecular complexity index is 212. The zero-order chi connectivity index (χ0) is 10.5. The van der Waals surface area contributed by atoms with Crippen LogP contribution in [0.25, 0.3) is 0 Å². The van der Waals surface area contributed by atoms with Gasteiger partial charge < -0.3 is 10.2 Å². The Labute approximate surface area is 92.2 Å². The van der Waals surface area contributed by atoms with Crippen LogP contribution in [0, 0.1) is 0 Å². The molecule has 2 aliphatic heterocycles. The molecule has 0 aliphatic carbocycles. The summed E-state index contributed by atoms with van der Waals surface area (Å²) >= 11 is 0. The van der Waals surface area contributed by atoms with Crippen LogP contribution in [0.4, 0.5) is 0 Å². The zero-order valence-corrected chi connectivity index (χ0v) is 9.50. The highest BCUT2D eigenvalue weighted by Gasteiger charge is 2.19. The molecule has 15 heavy (non-hydrogen) atoms. The number of carbonyl (C=O) groups excluding carboxylic acids is 1. The van der Waals surface area contributed by atoms with Gasteiger partial charge in [-0.25, -0.2) is 0 Å². The molecule has 0 bridgehead atoms. The second-order valence-electron chi connectivity index (χ2n) is 4.77. The summed E-state index contributed by atoms with van der Waals surface area (Å²) in [5, 5.41) is 3.54. The third-order valence-electron chi connectivity index (χ3n) is 3.58. The maximum Gasteiger partial charge on any atom is 0.222 e. The van der Waals surface area contributed by atoms with E-state index in [2.05, 4.69) is 10.2 Å². The van der Waals surface area contributed by atoms with Crippen molar-refractivity contribution in [3.8, 4) is 0 Å². The van der Waals surface area contributed by atoms with Crippen LogP contribution in [0.1, 0.15) is 44.9 Å². The fourth-order valence-electron chi connectivity index (χ4n) is 2.58. The lowest BCUT2D eigenvalue weighted by molar-refractivity contribution is -0.133. The molecule has 2 saturated heterocycles. The predicted octanol–water partition coefficient (Wildman–Crippen LogP) is 1.53. The molecule has 0 aromatic rings. The summed E-state index contributed by atoms with van der Waals surface area (Å²) < 4.78 is 0. The lowest BCUT2D eigenvalue weighted by Gasteiger charge is -2.30. The van der Waals surface area contributed by atoms with Gasteiger partial charge in [-0.3, -0.25) is 4.79 Å². The molecule has 1 N–H and O–H groups in total. The third-order valence-corrected chi connectivity index (χ3v) is 3.58. The van der Waals surface area contributed by atoms with Crippen molar-refractivity contribution in [1.82, 2.24) is 10.2 Å². The van der Waals surface area contributed by atoms with Gasteiger partial charge in [-0.2, -0.15) is 0 Å². The highest BCUT2D eigenvalue weighted by molar-refractivity contribution is 5.76. The van der Waals surface area contributed by atoms with Gasteiger partial charge in [0, 0.05) is 25.6 Å². The summed E-state index contributed by atoms with van der Waals surface area (Å²) in [4.78, 5) is 13.6. The SMILES string of the molecule is O=C1CCCCN1CCC1CCCCN1. The van der Waals surface area contributed by atoms with Gasteiger partial charge in [-0.05, 0) is 38.6 Å². The van der Waals surface area contributed by atoms with Crippen LogP contribution in [0.2, 0.25) is 0 Å². The second kappa shape index (κ2) is 5.50. The lowest BCUT2D eigenvalue weighted by Crippen LogP contribution is -2.41. The van der Waals surface area contributed by atoms with E-state index in [0.717, 1.165) is 32.4 Å². The van der Waals surface area contributed by atoms with Crippen molar-refractivity contribution in [2.45, 2.75) is 51.0 Å². The number of carbonyl (C=O) groups is 1. The number of piperidine rings is 2. The fourth-order valence-corrected chi connectivity index (χ4v) is 2.58. The number of amides is 1. The largest absolute Gasteiger partial charge is 0.343 e. The number of nitrogens with one attached hydrogen (secondary N) is 1. The molecule has 2 rings (SSSR count). The number of nitrogens with zero attached hydrogens (tertiary/aromatic N) is 1. The van der Waals surface area contributed by atoms with Crippen molar-refractivity contribution in [2.75, 3.05) is 19.6 Å². The normalized spacial score (nSPS) is 28.1. The van der Waals surface area contributed by atoms with Gasteiger partial charge in [-0.1, -0.05) is 6.42 Å². The minimum Gasteiger partial charge on any atom is -0.343 e. The third kappa shape index (κ3) is 3.20. The van der Waals surface area contributed by atoms with Gasteiger partial charge in [0.2, 0.25) is 5.91 Å². The first-order valence-corrected chi connectivity index (χ1v) is 6.37. The maximum atomic E-state index is 11.6. The fraction of sp³-hybridized carbons (Fsp3) is 0.917. The topological polar surface area (TPSA) is 32.3 Å². The Hall–Kier alpha value is -0.570. The van der Waals surface area contributed by atoms with E-state index in [9.17, 15) is 4.79 Å². The Kier molecular flexibility index (Phi) is 4.01. The second-order valence-corrected chi connectivity index (χ2v) is 4.77. The van der Waals surface area contributed by atoms with Crippen LogP contribution in [0.5, 0.6) is 0 Å². The predicted molar refractivity (Wildman–Crippen MR) is 60.7 cm³/mol. The van der Waals surface area contributed by atoms with Gasteiger partial charge in [0.1, 0.15) is 0 Å². The van der Waals surface area contributed by atoms with E-state index in [1.807, 2.05) is 0 Å². The molecule has 1 amide bonds. The molecule has 2 fully saturated rings. The first-order valence-electron chi connectivity index (χ1n) is 6.37. The number of hydrogen-bond acceptors (Lipinski definition) is 2. The summed E-state index contributed by atoms with van der Waals surface area (Å²) in [6.45, 7) is 3.13. The molecule has 0 saturated carbocycles. The van der Waals surface area contributed by atoms with Crippen molar-refractivity contribution in [3.05, 3.63) is 0 Å². The quantitative estimate of drug-likeness (QED) is 0.766. The summed E-state index contributed by atoms with van der Waals surface area (Å²) in [6.07, 6.45) is 8.18. The zero-order valence-electron chi connectivity index (χ0n) is 9.50. The van der Waals surface area contributed by atoms with Gasteiger partial charge in [-0.15, -0.1) is 0 Å². The van der Waals surface area contributed by atoms with Gasteiger partial charge in [0.15, 0.2) is 0 Å². The van der Waals surface area contributed by atoms with E-state index >= 15 is 0 Å². The number of hydrogen-bond donors (Lipinski definition) is 1. The van der Waals surface area contributed by atoms with E-state index in [1.54, 1.807) is 0 Å². The minimum atomic E-state index is 0.372. The van der Waals surface area contributed by atoms with Crippen molar-refractivity contribution in [3.63, 3.8) is 0 Å². The van der Waals surface area contributed by atoms with E-state index in [4.69, 9.17) is 0 Å². The van der Waals surface area contributed by atoms with Crippen LogP contribution in [0.15, 0.2) is 0 Å². The Morgan fingerprint density at radius 3 is 2.93 bits per heavy atom. The molecule has 1 atom stereocenters. The summed E-state index contributed by atoms with van der Waals surface area (Å²) in [7, 11) is 0. The molecule has 3 heteroatoms. The Balaban J connectivity index is 1.69. The van der Waals surface area contributed by atoms with Crippen molar-refractivity contribution >= 4 is 5.91 Å². The van der Waals surface area contributed by atoms with Crippen LogP contribution >= 0.6 is 0 Å². The van der Waals surface area contributed by atoms with Crippen LogP contribution in [-0.4, -0.2) is 36.5 Å². The number of likely N-dealkylation sites (tertiary alicyclic amines) is 1. The first-order chi connectivity index (χ1) is 7.36. The first kappa shape index (κ1) is 10.9. The molecular formula is C12H22N2O. The van der Waals surface area contributed by atoms with E-state index in [0.29, 0.717) is 11.9 Å². The Morgan fingerprint density at radius 2 is 2.20 bits per heavy atom. The number of rotatable bonds is 3. The molecule has 3 nitrogen and oxygen atoms in total. The van der Waals surface area contributed by atoms with Gasteiger partial charge in [0.05, 0.1) is 0 Å². The highest BCUT2D eigenvalue weighted by Crippen LogP contribution is 2.14. The summed E-state index contributed by atoms with van der Waals surface area (Å²) in [5.74, 6) is 0.372. The van der Waals surface area contributed by atoms with Crippen molar-refractivity contribution in [2.24, 2.45) is 0 Å². The standard InChI is InChI=1S/C12H22N2O/c15-12-6-2-4-9-14(12)10-7-11-5-1-3-8-13-11/h11,13H,1-10H2. The molecule has 86 valence electrons. The molecule has 2 aliphatic rings. The maximum absolute atomic E-state index is 11.6. The van der Waals surface area contributed by atoms with E-state index < -0.39 is 0 Å². The lowest BCUT2D eigenvalue weighted by atomic mass is 10.0. The molecule has 0 spiro atoms. The average Bonchev–Trinajstić information content (AvgIpc) is 2.29. The molecule has 0 aromatic heterocycles. The van der Waals surface area contributed by atoms with Crippen molar-refractivity contribution < 1.29 is 4.79 Å². The minimum absolute atomic E-state index is 0.372. The van der Waals surface area contributed by atoms with E-state index in [1.165, 1.54) is 32.2 Å². The smallest absolute Gasteiger partial charge is 0.222 e. The van der Waals surface area contributed by atoms with Crippen molar-refractivity contribution in [1.29, 1.82) is 0 Å². The van der Waals surface area contributed by atoms with Crippen LogP contribution in [-0.2, 0) is 4.79 Å². The molecular weight excluding hydrogens is 188 g/mol. The molecule has 0 aromatic carbocycles. The molecule has 2 heterocycles. The van der Waals surface area contributed by atoms with Crippen LogP contribution < -0.4 is 5.32 Å². The average molecular weight is 210 g/mol. The van der Waals surface area contributed by atoms with E-state index in [-0.39, 0.29) is 0 Å². The van der Waals surface area contributed by atoms with Gasteiger partial charge in [0.25, 0.3) is 0 Å². The summed E-state index contributed by atoms with van der Waals surface area (Å²) in [6, 6.07) is 0.661. The molecule has 0 radical (unpaired) electrons. The van der Waals surface area contributed by atoms with Crippen LogP contribution in [0.3, 0.4) is 0 Å².